The molecule has 2 aromatic rings. The number of phenolic OH excluding ortho intramolecular Hbond substituents is 1. The lowest BCUT2D eigenvalue weighted by molar-refractivity contribution is 0.146. The molecule has 5 heteroatoms. The maximum absolute atomic E-state index is 9.78. The lowest BCUT2D eigenvalue weighted by Crippen LogP contribution is -2.30. The first kappa shape index (κ1) is 12.6. The summed E-state index contributed by atoms with van der Waals surface area (Å²) in [4.78, 5) is 0. The van der Waals surface area contributed by atoms with E-state index in [9.17, 15) is 10.2 Å². The summed E-state index contributed by atoms with van der Waals surface area (Å²) in [6.07, 6.45) is 2.99. The second-order valence-corrected chi connectivity index (χ2v) is 4.14. The van der Waals surface area contributed by atoms with Gasteiger partial charge >= 0.3 is 0 Å². The van der Waals surface area contributed by atoms with E-state index < -0.39 is 6.10 Å². The molecule has 0 saturated carbocycles. The van der Waals surface area contributed by atoms with Crippen LogP contribution in [0.15, 0.2) is 42.7 Å². The van der Waals surface area contributed by atoms with E-state index in [1.807, 2.05) is 24.4 Å². The lowest BCUT2D eigenvalue weighted by atomic mass is 10.2. The Balaban J connectivity index is 1.74. The predicted octanol–water partition coefficient (Wildman–Crippen LogP) is 0.739. The second-order valence-electron chi connectivity index (χ2n) is 4.14. The Labute approximate surface area is 106 Å². The fourth-order valence-corrected chi connectivity index (χ4v) is 1.72. The van der Waals surface area contributed by atoms with Gasteiger partial charge in [-0.1, -0.05) is 18.2 Å². The van der Waals surface area contributed by atoms with Crippen molar-refractivity contribution in [2.24, 2.45) is 0 Å². The summed E-state index contributed by atoms with van der Waals surface area (Å²) in [5.41, 5.74) is 0.823. The van der Waals surface area contributed by atoms with Crippen molar-refractivity contribution in [2.75, 3.05) is 6.54 Å². The zero-order valence-electron chi connectivity index (χ0n) is 10.0. The van der Waals surface area contributed by atoms with Crippen LogP contribution in [-0.4, -0.2) is 32.6 Å². The van der Waals surface area contributed by atoms with Crippen LogP contribution in [0.25, 0.3) is 0 Å². The minimum absolute atomic E-state index is 0.270. The zero-order valence-corrected chi connectivity index (χ0v) is 10.0. The zero-order chi connectivity index (χ0) is 12.8. The van der Waals surface area contributed by atoms with Crippen molar-refractivity contribution >= 4 is 0 Å². The first-order valence-corrected chi connectivity index (χ1v) is 5.89. The first-order chi connectivity index (χ1) is 8.75. The number of aromatic hydroxyl groups is 1. The largest absolute Gasteiger partial charge is 0.508 e. The molecule has 1 aromatic carbocycles. The minimum Gasteiger partial charge on any atom is -0.508 e. The van der Waals surface area contributed by atoms with E-state index >= 15 is 0 Å². The van der Waals surface area contributed by atoms with E-state index in [1.54, 1.807) is 23.0 Å². The van der Waals surface area contributed by atoms with E-state index in [2.05, 4.69) is 10.4 Å². The normalized spacial score (nSPS) is 12.5. The van der Waals surface area contributed by atoms with Gasteiger partial charge in [-0.15, -0.1) is 0 Å². The average molecular weight is 247 g/mol. The number of rotatable bonds is 6. The molecule has 0 aliphatic carbocycles. The molecule has 0 radical (unpaired) electrons. The van der Waals surface area contributed by atoms with Crippen LogP contribution in [0.5, 0.6) is 5.75 Å². The first-order valence-electron chi connectivity index (χ1n) is 5.89. The van der Waals surface area contributed by atoms with Crippen LogP contribution in [0.2, 0.25) is 0 Å². The van der Waals surface area contributed by atoms with E-state index in [1.165, 1.54) is 0 Å². The summed E-state index contributed by atoms with van der Waals surface area (Å²) in [6, 6.07) is 8.98. The highest BCUT2D eigenvalue weighted by molar-refractivity contribution is 5.31. The predicted molar refractivity (Wildman–Crippen MR) is 68.0 cm³/mol. The number of benzene rings is 1. The number of aliphatic hydroxyl groups is 1. The molecule has 18 heavy (non-hydrogen) atoms. The van der Waals surface area contributed by atoms with Crippen LogP contribution < -0.4 is 5.32 Å². The van der Waals surface area contributed by atoms with Gasteiger partial charge in [0, 0.05) is 31.0 Å². The Bertz CT molecular complexity index is 471. The molecular formula is C13H17N3O2. The Morgan fingerprint density at radius 1 is 1.28 bits per heavy atom. The Morgan fingerprint density at radius 3 is 2.83 bits per heavy atom. The van der Waals surface area contributed by atoms with Crippen LogP contribution in [-0.2, 0) is 13.1 Å². The van der Waals surface area contributed by atoms with Crippen LogP contribution in [0, 0.1) is 0 Å². The van der Waals surface area contributed by atoms with Gasteiger partial charge in [-0.25, -0.2) is 0 Å². The van der Waals surface area contributed by atoms with Crippen molar-refractivity contribution in [1.29, 1.82) is 0 Å². The molecule has 1 heterocycles. The van der Waals surface area contributed by atoms with Crippen molar-refractivity contribution in [3.05, 3.63) is 48.3 Å². The molecule has 0 amide bonds. The maximum Gasteiger partial charge on any atom is 0.120 e. The third-order valence-corrected chi connectivity index (χ3v) is 2.64. The van der Waals surface area contributed by atoms with Gasteiger partial charge in [0.1, 0.15) is 5.75 Å². The highest BCUT2D eigenvalue weighted by atomic mass is 16.3. The monoisotopic (exact) mass is 247 g/mol. The number of phenols is 1. The van der Waals surface area contributed by atoms with Crippen molar-refractivity contribution in [3.8, 4) is 5.75 Å². The number of hydrogen-bond donors (Lipinski definition) is 3. The van der Waals surface area contributed by atoms with E-state index in [4.69, 9.17) is 0 Å². The molecule has 5 nitrogen and oxygen atoms in total. The van der Waals surface area contributed by atoms with Crippen LogP contribution >= 0.6 is 0 Å². The van der Waals surface area contributed by atoms with Crippen LogP contribution in [0.3, 0.4) is 0 Å². The molecule has 2 rings (SSSR count). The molecular weight excluding hydrogens is 230 g/mol. The Morgan fingerprint density at radius 2 is 2.11 bits per heavy atom. The number of nitrogens with one attached hydrogen (secondary N) is 1. The standard InChI is InChI=1S/C13H17N3O2/c17-12(10-16-7-3-6-15-16)9-14-8-11-4-1-2-5-13(11)18/h1-7,12,14,17-18H,8-10H2. The van der Waals surface area contributed by atoms with Gasteiger partial charge in [0.15, 0.2) is 0 Å². The molecule has 0 spiro atoms. The summed E-state index contributed by atoms with van der Waals surface area (Å²) < 4.78 is 1.69. The molecule has 0 aliphatic rings. The number of aliphatic hydroxyl groups excluding tert-OH is 1. The molecule has 96 valence electrons. The topological polar surface area (TPSA) is 70.3 Å². The van der Waals surface area contributed by atoms with Gasteiger partial charge in [-0.05, 0) is 12.1 Å². The quantitative estimate of drug-likeness (QED) is 0.704. The SMILES string of the molecule is Oc1ccccc1CNCC(O)Cn1cccn1. The molecule has 1 aromatic heterocycles. The molecule has 0 aliphatic heterocycles. The van der Waals surface area contributed by atoms with E-state index in [-0.39, 0.29) is 5.75 Å². The number of hydrogen-bond acceptors (Lipinski definition) is 4. The van der Waals surface area contributed by atoms with E-state index in [0.29, 0.717) is 19.6 Å². The number of nitrogens with zero attached hydrogens (tertiary/aromatic N) is 2. The Hall–Kier alpha value is -1.85. The summed E-state index contributed by atoms with van der Waals surface area (Å²) >= 11 is 0. The summed E-state index contributed by atoms with van der Waals surface area (Å²) in [6.45, 7) is 1.44. The molecule has 0 saturated heterocycles. The molecule has 0 fully saturated rings. The van der Waals surface area contributed by atoms with E-state index in [0.717, 1.165) is 5.56 Å². The average Bonchev–Trinajstić information content (AvgIpc) is 2.84. The third-order valence-electron chi connectivity index (χ3n) is 2.64. The fraction of sp³-hybridized carbons (Fsp3) is 0.308. The molecule has 3 N–H and O–H groups in total. The highest BCUT2D eigenvalue weighted by Crippen LogP contribution is 2.14. The van der Waals surface area contributed by atoms with Gasteiger partial charge in [0.05, 0.1) is 12.6 Å². The smallest absolute Gasteiger partial charge is 0.120 e. The minimum atomic E-state index is -0.504. The highest BCUT2D eigenvalue weighted by Gasteiger charge is 2.05. The summed E-state index contributed by atoms with van der Waals surface area (Å²) in [7, 11) is 0. The lowest BCUT2D eigenvalue weighted by Gasteiger charge is -2.12. The summed E-state index contributed by atoms with van der Waals surface area (Å²) in [5.74, 6) is 0.270. The maximum atomic E-state index is 9.78. The van der Waals surface area contributed by atoms with Crippen molar-refractivity contribution in [1.82, 2.24) is 15.1 Å². The fourth-order valence-electron chi connectivity index (χ4n) is 1.72. The second kappa shape index (κ2) is 6.18. The summed E-state index contributed by atoms with van der Waals surface area (Å²) in [5, 5.41) is 26.5. The number of para-hydroxylation sites is 1. The van der Waals surface area contributed by atoms with Crippen molar-refractivity contribution in [3.63, 3.8) is 0 Å². The number of aromatic nitrogens is 2. The van der Waals surface area contributed by atoms with Crippen molar-refractivity contribution < 1.29 is 10.2 Å². The van der Waals surface area contributed by atoms with Crippen molar-refractivity contribution in [2.45, 2.75) is 19.2 Å². The van der Waals surface area contributed by atoms with Gasteiger partial charge in [-0.2, -0.15) is 5.10 Å². The van der Waals surface area contributed by atoms with Crippen LogP contribution in [0.1, 0.15) is 5.56 Å². The Kier molecular flexibility index (Phi) is 4.33. The molecule has 1 atom stereocenters. The van der Waals surface area contributed by atoms with Gasteiger partial charge in [0.2, 0.25) is 0 Å². The molecule has 1 unspecified atom stereocenters. The van der Waals surface area contributed by atoms with Gasteiger partial charge < -0.3 is 15.5 Å². The molecule has 0 bridgehead atoms. The van der Waals surface area contributed by atoms with Crippen LogP contribution in [0.4, 0.5) is 0 Å². The third kappa shape index (κ3) is 3.58. The van der Waals surface area contributed by atoms with Gasteiger partial charge in [-0.3, -0.25) is 4.68 Å². The van der Waals surface area contributed by atoms with Gasteiger partial charge in [0.25, 0.3) is 0 Å².